The highest BCUT2D eigenvalue weighted by Crippen LogP contribution is 2.24. The molecule has 0 N–H and O–H groups in total. The van der Waals surface area contributed by atoms with E-state index in [0.29, 0.717) is 23.0 Å². The van der Waals surface area contributed by atoms with Gasteiger partial charge in [0.05, 0.1) is 29.6 Å². The Kier molecular flexibility index (Phi) is 4.30. The highest BCUT2D eigenvalue weighted by molar-refractivity contribution is 6.31. The molecule has 1 aliphatic heterocycles. The lowest BCUT2D eigenvalue weighted by molar-refractivity contribution is 1.29. The molecule has 4 nitrogen and oxygen atoms in total. The molecule has 0 bridgehead atoms. The number of benzene rings is 2. The Bertz CT molecular complexity index is 1080. The van der Waals surface area contributed by atoms with Gasteiger partial charge in [0.25, 0.3) is 0 Å². The molecular formula is C21H13ClN4. The molecule has 2 aromatic carbocycles. The van der Waals surface area contributed by atoms with Gasteiger partial charge in [-0.05, 0) is 36.4 Å². The van der Waals surface area contributed by atoms with Crippen molar-refractivity contribution in [2.24, 2.45) is 9.98 Å². The van der Waals surface area contributed by atoms with E-state index < -0.39 is 0 Å². The molecule has 124 valence electrons. The Hall–Kier alpha value is -3.29. The second-order valence-corrected chi connectivity index (χ2v) is 6.23. The zero-order valence-electron chi connectivity index (χ0n) is 13.7. The molecule has 0 radical (unpaired) electrons. The van der Waals surface area contributed by atoms with Crippen molar-refractivity contribution in [2.45, 2.75) is 0 Å². The summed E-state index contributed by atoms with van der Waals surface area (Å²) in [4.78, 5) is 13.8. The summed E-state index contributed by atoms with van der Waals surface area (Å²) in [6.45, 7) is 0.497. The number of aliphatic imine (C=N–C) groups is 2. The van der Waals surface area contributed by atoms with Crippen LogP contribution in [0.3, 0.4) is 0 Å². The fourth-order valence-electron chi connectivity index (χ4n) is 2.85. The summed E-state index contributed by atoms with van der Waals surface area (Å²) in [6, 6.07) is 20.9. The minimum absolute atomic E-state index is 0.497. The molecule has 0 amide bonds. The first-order chi connectivity index (χ1) is 12.7. The summed E-state index contributed by atoms with van der Waals surface area (Å²) < 4.78 is 0. The quantitative estimate of drug-likeness (QED) is 0.692. The average molecular weight is 357 g/mol. The maximum absolute atomic E-state index is 8.97. The summed E-state index contributed by atoms with van der Waals surface area (Å²) in [5.41, 5.74) is 5.11. The molecule has 4 rings (SSSR count). The molecule has 0 unspecified atom stereocenters. The van der Waals surface area contributed by atoms with E-state index >= 15 is 0 Å². The number of hydrogen-bond acceptors (Lipinski definition) is 4. The van der Waals surface area contributed by atoms with Crippen LogP contribution in [0.2, 0.25) is 5.02 Å². The Morgan fingerprint density at radius 1 is 0.962 bits per heavy atom. The van der Waals surface area contributed by atoms with E-state index in [1.54, 1.807) is 18.3 Å². The second kappa shape index (κ2) is 6.91. The minimum atomic E-state index is 0.497. The van der Waals surface area contributed by atoms with Gasteiger partial charge in [0.2, 0.25) is 0 Å². The predicted octanol–water partition coefficient (Wildman–Crippen LogP) is 4.52. The first-order valence-corrected chi connectivity index (χ1v) is 8.46. The number of nitriles is 1. The zero-order chi connectivity index (χ0) is 17.9. The van der Waals surface area contributed by atoms with Gasteiger partial charge in [-0.25, -0.2) is 4.99 Å². The molecule has 0 saturated heterocycles. The van der Waals surface area contributed by atoms with Crippen molar-refractivity contribution >= 4 is 23.1 Å². The number of halogens is 1. The summed E-state index contributed by atoms with van der Waals surface area (Å²) >= 11 is 6.07. The smallest absolute Gasteiger partial charge is 0.155 e. The molecule has 1 aliphatic rings. The van der Waals surface area contributed by atoms with Crippen molar-refractivity contribution < 1.29 is 0 Å². The Balaban J connectivity index is 1.71. The van der Waals surface area contributed by atoms with Gasteiger partial charge in [-0.3, -0.25) is 9.98 Å². The van der Waals surface area contributed by atoms with Crippen LogP contribution in [0, 0.1) is 11.3 Å². The molecule has 26 heavy (non-hydrogen) atoms. The van der Waals surface area contributed by atoms with Gasteiger partial charge in [-0.1, -0.05) is 35.9 Å². The van der Waals surface area contributed by atoms with Crippen LogP contribution < -0.4 is 0 Å². The molecule has 0 aliphatic carbocycles. The number of pyridine rings is 1. The van der Waals surface area contributed by atoms with Crippen molar-refractivity contribution in [3.05, 3.63) is 88.6 Å². The van der Waals surface area contributed by atoms with E-state index in [1.807, 2.05) is 48.5 Å². The Morgan fingerprint density at radius 2 is 1.81 bits per heavy atom. The standard InChI is InChI=1S/C21H13ClN4/c22-17-4-1-3-16(11-17)21-25-13-19(26-21)18-5-2-10-24-20(18)15-8-6-14(12-23)7-9-15/h1-11H,13H2. The van der Waals surface area contributed by atoms with Crippen LogP contribution >= 0.6 is 11.6 Å². The molecule has 1 aromatic heterocycles. The lowest BCUT2D eigenvalue weighted by atomic mass is 10.0. The number of rotatable bonds is 3. The Labute approximate surface area is 156 Å². The SMILES string of the molecule is N#Cc1ccc(-c2ncccc2C2=NC(c3cccc(Cl)c3)=NC2)cc1. The third-order valence-electron chi connectivity index (χ3n) is 4.11. The van der Waals surface area contributed by atoms with Gasteiger partial charge < -0.3 is 0 Å². The lowest BCUT2D eigenvalue weighted by Crippen LogP contribution is -2.05. The average Bonchev–Trinajstić information content (AvgIpc) is 3.18. The third kappa shape index (κ3) is 3.13. The second-order valence-electron chi connectivity index (χ2n) is 5.80. The first kappa shape index (κ1) is 16.2. The molecular weight excluding hydrogens is 344 g/mol. The van der Waals surface area contributed by atoms with Crippen LogP contribution in [-0.4, -0.2) is 23.1 Å². The predicted molar refractivity (Wildman–Crippen MR) is 104 cm³/mol. The monoisotopic (exact) mass is 356 g/mol. The van der Waals surface area contributed by atoms with E-state index in [0.717, 1.165) is 28.1 Å². The van der Waals surface area contributed by atoms with Gasteiger partial charge >= 0.3 is 0 Å². The van der Waals surface area contributed by atoms with Gasteiger partial charge in [0.1, 0.15) is 0 Å². The van der Waals surface area contributed by atoms with Crippen LogP contribution in [0.4, 0.5) is 0 Å². The van der Waals surface area contributed by atoms with E-state index in [1.165, 1.54) is 0 Å². The highest BCUT2D eigenvalue weighted by Gasteiger charge is 2.18. The first-order valence-electron chi connectivity index (χ1n) is 8.08. The van der Waals surface area contributed by atoms with Crippen molar-refractivity contribution in [1.82, 2.24) is 4.98 Å². The number of hydrogen-bond donors (Lipinski definition) is 0. The summed E-state index contributed by atoms with van der Waals surface area (Å²) in [5, 5.41) is 9.63. The normalized spacial score (nSPS) is 13.1. The molecule has 5 heteroatoms. The van der Waals surface area contributed by atoms with Crippen LogP contribution in [0.5, 0.6) is 0 Å². The summed E-state index contributed by atoms with van der Waals surface area (Å²) in [6.07, 6.45) is 1.76. The van der Waals surface area contributed by atoms with Gasteiger partial charge in [-0.15, -0.1) is 0 Å². The molecule has 0 atom stereocenters. The van der Waals surface area contributed by atoms with Crippen LogP contribution in [0.1, 0.15) is 16.7 Å². The maximum Gasteiger partial charge on any atom is 0.155 e. The third-order valence-corrected chi connectivity index (χ3v) is 4.34. The fourth-order valence-corrected chi connectivity index (χ4v) is 3.04. The van der Waals surface area contributed by atoms with E-state index in [-0.39, 0.29) is 0 Å². The van der Waals surface area contributed by atoms with Gasteiger partial charge in [0, 0.05) is 27.9 Å². The minimum Gasteiger partial charge on any atom is -0.260 e. The van der Waals surface area contributed by atoms with Crippen molar-refractivity contribution in [3.63, 3.8) is 0 Å². The van der Waals surface area contributed by atoms with Crippen molar-refractivity contribution in [1.29, 1.82) is 5.26 Å². The van der Waals surface area contributed by atoms with Crippen LogP contribution in [-0.2, 0) is 0 Å². The van der Waals surface area contributed by atoms with Gasteiger partial charge in [-0.2, -0.15) is 5.26 Å². The van der Waals surface area contributed by atoms with Gasteiger partial charge in [0.15, 0.2) is 5.84 Å². The molecule has 0 fully saturated rings. The van der Waals surface area contributed by atoms with Crippen LogP contribution in [0.15, 0.2) is 76.8 Å². The van der Waals surface area contributed by atoms with Crippen LogP contribution in [0.25, 0.3) is 11.3 Å². The van der Waals surface area contributed by atoms with E-state index in [9.17, 15) is 0 Å². The molecule has 0 saturated carbocycles. The molecule has 0 spiro atoms. The van der Waals surface area contributed by atoms with Crippen molar-refractivity contribution in [2.75, 3.05) is 6.54 Å². The zero-order valence-corrected chi connectivity index (χ0v) is 14.5. The summed E-state index contributed by atoms with van der Waals surface area (Å²) in [5.74, 6) is 0.678. The number of amidine groups is 1. The Morgan fingerprint density at radius 3 is 2.58 bits per heavy atom. The van der Waals surface area contributed by atoms with Crippen molar-refractivity contribution in [3.8, 4) is 17.3 Å². The fraction of sp³-hybridized carbons (Fsp3) is 0.0476. The topological polar surface area (TPSA) is 61.4 Å². The largest absolute Gasteiger partial charge is 0.260 e. The highest BCUT2D eigenvalue weighted by atomic mass is 35.5. The lowest BCUT2D eigenvalue weighted by Gasteiger charge is -2.08. The number of nitrogens with zero attached hydrogens (tertiary/aromatic N) is 4. The molecule has 3 aromatic rings. The summed E-state index contributed by atoms with van der Waals surface area (Å²) in [7, 11) is 0. The van der Waals surface area contributed by atoms with E-state index in [2.05, 4.69) is 16.0 Å². The number of aromatic nitrogens is 1. The molecule has 2 heterocycles. The maximum atomic E-state index is 8.97. The van der Waals surface area contributed by atoms with E-state index in [4.69, 9.17) is 21.9 Å².